The number of methoxy groups -OCH3 is 1. The lowest BCUT2D eigenvalue weighted by molar-refractivity contribution is 0.0709. The number of piperidine rings is 1. The van der Waals surface area contributed by atoms with E-state index in [0.29, 0.717) is 12.1 Å². The summed E-state index contributed by atoms with van der Waals surface area (Å²) in [5, 5.41) is 1.15. The van der Waals surface area contributed by atoms with Gasteiger partial charge in [0.2, 0.25) is 0 Å². The van der Waals surface area contributed by atoms with E-state index in [9.17, 15) is 4.79 Å². The number of fused-ring (bicyclic) bond motifs is 2. The summed E-state index contributed by atoms with van der Waals surface area (Å²) >= 11 is 0. The molecule has 176 valence electrons. The van der Waals surface area contributed by atoms with Crippen molar-refractivity contribution in [1.29, 1.82) is 0 Å². The molecule has 1 aliphatic heterocycles. The molecule has 3 heterocycles. The highest BCUT2D eigenvalue weighted by Crippen LogP contribution is 2.37. The number of amides is 1. The number of likely N-dealkylation sites (tertiary alicyclic amines) is 1. The predicted octanol–water partition coefficient (Wildman–Crippen LogP) is 4.18. The fourth-order valence-electron chi connectivity index (χ4n) is 5.26. The molecule has 4 aromatic rings. The molecule has 0 unspecified atom stereocenters. The van der Waals surface area contributed by atoms with Crippen molar-refractivity contribution in [2.45, 2.75) is 38.3 Å². The van der Waals surface area contributed by atoms with Gasteiger partial charge in [0.05, 0.1) is 23.8 Å². The molecule has 34 heavy (non-hydrogen) atoms. The Bertz CT molecular complexity index is 1400. The van der Waals surface area contributed by atoms with Gasteiger partial charge in [0.15, 0.2) is 5.82 Å². The quantitative estimate of drug-likeness (QED) is 0.488. The second-order valence-corrected chi connectivity index (χ2v) is 9.86. The van der Waals surface area contributed by atoms with Gasteiger partial charge >= 0.3 is 0 Å². The molecule has 1 aliphatic carbocycles. The maximum absolute atomic E-state index is 13.1. The second kappa shape index (κ2) is 8.17. The Kier molecular flexibility index (Phi) is 5.10. The van der Waals surface area contributed by atoms with Crippen LogP contribution in [0.15, 0.2) is 42.5 Å². The Balaban J connectivity index is 1.42. The SMILES string of the molecule is COc1ccc2c(c1)cc(-c1nc3cc(C(=O)N4CCC[C@@H](N)C4)ccc3n1C)n2CC1CC1. The highest BCUT2D eigenvalue weighted by atomic mass is 16.5. The minimum absolute atomic E-state index is 0.0409. The maximum Gasteiger partial charge on any atom is 0.253 e. The van der Waals surface area contributed by atoms with Crippen molar-refractivity contribution in [3.8, 4) is 17.3 Å². The highest BCUT2D eigenvalue weighted by Gasteiger charge is 2.26. The largest absolute Gasteiger partial charge is 0.497 e. The third-order valence-corrected chi connectivity index (χ3v) is 7.35. The van der Waals surface area contributed by atoms with Gasteiger partial charge in [-0.3, -0.25) is 4.79 Å². The fourth-order valence-corrected chi connectivity index (χ4v) is 5.26. The first kappa shape index (κ1) is 21.2. The zero-order valence-corrected chi connectivity index (χ0v) is 19.8. The summed E-state index contributed by atoms with van der Waals surface area (Å²) in [6.07, 6.45) is 4.50. The van der Waals surface area contributed by atoms with Crippen molar-refractivity contribution >= 4 is 27.8 Å². The standard InChI is InChI=1S/C27H31N5O2/c1-30-24-9-7-18(27(33)31-11-3-4-20(28)16-31)13-22(24)29-26(30)25-14-19-12-21(34-2)8-10-23(19)32(25)15-17-5-6-17/h7-10,12-14,17,20H,3-6,11,15-16,28H2,1-2H3/t20-/m1/s1. The molecule has 1 saturated carbocycles. The molecule has 2 N–H and O–H groups in total. The van der Waals surface area contributed by atoms with Crippen LogP contribution in [0, 0.1) is 5.92 Å². The van der Waals surface area contributed by atoms with Crippen LogP contribution in [0.4, 0.5) is 0 Å². The van der Waals surface area contributed by atoms with E-state index in [2.05, 4.69) is 34.4 Å². The molecular weight excluding hydrogens is 426 g/mol. The van der Waals surface area contributed by atoms with Crippen molar-refractivity contribution < 1.29 is 9.53 Å². The monoisotopic (exact) mass is 457 g/mol. The molecule has 6 rings (SSSR count). The summed E-state index contributed by atoms with van der Waals surface area (Å²) in [6, 6.07) is 14.4. The first-order chi connectivity index (χ1) is 16.5. The molecule has 2 aliphatic rings. The van der Waals surface area contributed by atoms with Gasteiger partial charge in [-0.05, 0) is 74.1 Å². The molecule has 1 atom stereocenters. The molecule has 0 radical (unpaired) electrons. The summed E-state index contributed by atoms with van der Waals surface area (Å²) in [5.74, 6) is 2.54. The summed E-state index contributed by atoms with van der Waals surface area (Å²) in [6.45, 7) is 2.38. The third kappa shape index (κ3) is 3.64. The molecule has 7 heteroatoms. The number of aryl methyl sites for hydroxylation is 1. The summed E-state index contributed by atoms with van der Waals surface area (Å²) in [7, 11) is 3.75. The Morgan fingerprint density at radius 1 is 1.12 bits per heavy atom. The smallest absolute Gasteiger partial charge is 0.253 e. The third-order valence-electron chi connectivity index (χ3n) is 7.35. The van der Waals surface area contributed by atoms with Crippen LogP contribution in [0.5, 0.6) is 5.75 Å². The fraction of sp³-hybridized carbons (Fsp3) is 0.407. The summed E-state index contributed by atoms with van der Waals surface area (Å²) in [5.41, 5.74) is 10.9. The molecule has 1 amide bonds. The van der Waals surface area contributed by atoms with Gasteiger partial charge in [-0.15, -0.1) is 0 Å². The molecule has 2 aromatic carbocycles. The van der Waals surface area contributed by atoms with Gasteiger partial charge in [0.25, 0.3) is 5.91 Å². The lowest BCUT2D eigenvalue weighted by Crippen LogP contribution is -2.45. The van der Waals surface area contributed by atoms with E-state index in [1.807, 2.05) is 29.2 Å². The van der Waals surface area contributed by atoms with Crippen LogP contribution in [-0.4, -0.2) is 51.2 Å². The zero-order valence-electron chi connectivity index (χ0n) is 19.8. The van der Waals surface area contributed by atoms with Crippen molar-refractivity contribution in [3.05, 3.63) is 48.0 Å². The van der Waals surface area contributed by atoms with Crippen LogP contribution >= 0.6 is 0 Å². The number of rotatable bonds is 5. The minimum Gasteiger partial charge on any atom is -0.497 e. The van der Waals surface area contributed by atoms with Gasteiger partial charge in [-0.1, -0.05) is 0 Å². The molecule has 2 fully saturated rings. The van der Waals surface area contributed by atoms with Crippen LogP contribution in [0.1, 0.15) is 36.0 Å². The number of aromatic nitrogens is 3. The normalized spacial score (nSPS) is 18.7. The van der Waals surface area contributed by atoms with Gasteiger partial charge in [0, 0.05) is 49.2 Å². The number of ether oxygens (including phenoxy) is 1. The van der Waals surface area contributed by atoms with Crippen LogP contribution in [-0.2, 0) is 13.6 Å². The van der Waals surface area contributed by atoms with Crippen LogP contribution in [0.2, 0.25) is 0 Å². The number of imidazole rings is 1. The molecular formula is C27H31N5O2. The average Bonchev–Trinajstić information content (AvgIpc) is 3.52. The van der Waals surface area contributed by atoms with E-state index in [1.165, 1.54) is 18.4 Å². The molecule has 0 bridgehead atoms. The number of nitrogens with zero attached hydrogens (tertiary/aromatic N) is 4. The van der Waals surface area contributed by atoms with Crippen LogP contribution in [0.3, 0.4) is 0 Å². The van der Waals surface area contributed by atoms with Crippen LogP contribution in [0.25, 0.3) is 33.5 Å². The Morgan fingerprint density at radius 2 is 1.94 bits per heavy atom. The lowest BCUT2D eigenvalue weighted by atomic mass is 10.1. The van der Waals surface area contributed by atoms with E-state index >= 15 is 0 Å². The van der Waals surface area contributed by atoms with E-state index < -0.39 is 0 Å². The number of carbonyl (C=O) groups excluding carboxylic acids is 1. The number of hydrogen-bond acceptors (Lipinski definition) is 4. The van der Waals surface area contributed by atoms with E-state index in [4.69, 9.17) is 15.5 Å². The average molecular weight is 458 g/mol. The van der Waals surface area contributed by atoms with E-state index in [-0.39, 0.29) is 11.9 Å². The van der Waals surface area contributed by atoms with Crippen molar-refractivity contribution in [1.82, 2.24) is 19.0 Å². The topological polar surface area (TPSA) is 78.3 Å². The molecule has 2 aromatic heterocycles. The molecule has 0 spiro atoms. The summed E-state index contributed by atoms with van der Waals surface area (Å²) < 4.78 is 9.99. The second-order valence-electron chi connectivity index (χ2n) is 9.86. The number of hydrogen-bond donors (Lipinski definition) is 1. The van der Waals surface area contributed by atoms with Gasteiger partial charge in [-0.25, -0.2) is 4.98 Å². The Morgan fingerprint density at radius 3 is 2.71 bits per heavy atom. The van der Waals surface area contributed by atoms with E-state index in [1.54, 1.807) is 7.11 Å². The number of nitrogens with two attached hydrogens (primary N) is 1. The summed E-state index contributed by atoms with van der Waals surface area (Å²) in [4.78, 5) is 20.0. The first-order valence-electron chi connectivity index (χ1n) is 12.2. The molecule has 7 nitrogen and oxygen atoms in total. The highest BCUT2D eigenvalue weighted by molar-refractivity contribution is 5.98. The van der Waals surface area contributed by atoms with Gasteiger partial charge in [0.1, 0.15) is 5.75 Å². The number of carbonyl (C=O) groups is 1. The van der Waals surface area contributed by atoms with Crippen molar-refractivity contribution in [2.75, 3.05) is 20.2 Å². The zero-order chi connectivity index (χ0) is 23.4. The molecule has 1 saturated heterocycles. The van der Waals surface area contributed by atoms with Crippen molar-refractivity contribution in [3.63, 3.8) is 0 Å². The maximum atomic E-state index is 13.1. The number of benzene rings is 2. The Hall–Kier alpha value is -3.32. The first-order valence-corrected chi connectivity index (χ1v) is 12.2. The van der Waals surface area contributed by atoms with Crippen molar-refractivity contribution in [2.24, 2.45) is 18.7 Å². The van der Waals surface area contributed by atoms with E-state index in [0.717, 1.165) is 65.5 Å². The van der Waals surface area contributed by atoms with Crippen LogP contribution < -0.4 is 10.5 Å². The minimum atomic E-state index is 0.0409. The lowest BCUT2D eigenvalue weighted by Gasteiger charge is -2.30. The predicted molar refractivity (Wildman–Crippen MR) is 134 cm³/mol. The van der Waals surface area contributed by atoms with Gasteiger partial charge in [-0.2, -0.15) is 0 Å². The Labute approximate surface area is 199 Å². The van der Waals surface area contributed by atoms with Gasteiger partial charge < -0.3 is 24.5 Å².